The Morgan fingerprint density at radius 1 is 1.47 bits per heavy atom. The molecule has 17 heavy (non-hydrogen) atoms. The number of carboxylic acid groups (broad SMARTS) is 1. The number of carbonyl (C=O) groups excluding carboxylic acids is 1. The number of amides is 1. The van der Waals surface area contributed by atoms with Gasteiger partial charge in [-0.05, 0) is 39.2 Å². The highest BCUT2D eigenvalue weighted by atomic mass is 16.4. The van der Waals surface area contributed by atoms with Crippen molar-refractivity contribution in [1.29, 1.82) is 0 Å². The lowest BCUT2D eigenvalue weighted by Crippen LogP contribution is -2.51. The molecule has 5 nitrogen and oxygen atoms in total. The van der Waals surface area contributed by atoms with Crippen molar-refractivity contribution >= 4 is 11.9 Å². The van der Waals surface area contributed by atoms with Crippen molar-refractivity contribution < 1.29 is 14.7 Å². The summed E-state index contributed by atoms with van der Waals surface area (Å²) in [5.74, 6) is -0.908. The van der Waals surface area contributed by atoms with Crippen LogP contribution in [0.2, 0.25) is 0 Å². The smallest absolute Gasteiger partial charge is 0.329 e. The zero-order chi connectivity index (χ0) is 12.5. The molecule has 0 saturated carbocycles. The van der Waals surface area contributed by atoms with Gasteiger partial charge in [0.05, 0.1) is 0 Å². The molecule has 2 N–H and O–H groups in total. The third-order valence-corrected chi connectivity index (χ3v) is 3.99. The maximum absolute atomic E-state index is 12.1. The number of likely N-dealkylation sites (tertiary alicyclic amines) is 1. The van der Waals surface area contributed by atoms with Gasteiger partial charge in [-0.1, -0.05) is 0 Å². The quantitative estimate of drug-likeness (QED) is 0.757. The summed E-state index contributed by atoms with van der Waals surface area (Å²) < 4.78 is 0. The molecule has 0 spiro atoms. The Morgan fingerprint density at radius 3 is 2.82 bits per heavy atom. The van der Waals surface area contributed by atoms with Crippen LogP contribution in [0, 0.1) is 0 Å². The van der Waals surface area contributed by atoms with Gasteiger partial charge in [-0.25, -0.2) is 4.79 Å². The lowest BCUT2D eigenvalue weighted by Gasteiger charge is -2.32. The van der Waals surface area contributed by atoms with Crippen LogP contribution in [0.25, 0.3) is 0 Å². The molecule has 0 aromatic carbocycles. The minimum absolute atomic E-state index is 0.0215. The standard InChI is InChI=1S/C12H20N2O3/c1-12(11(16)17)5-3-7-14(12)10(15)8-9-4-2-6-13-9/h9,13H,2-8H2,1H3,(H,16,17). The normalized spacial score (nSPS) is 33.0. The van der Waals surface area contributed by atoms with E-state index in [0.29, 0.717) is 19.4 Å². The van der Waals surface area contributed by atoms with E-state index in [0.717, 1.165) is 25.8 Å². The third-order valence-electron chi connectivity index (χ3n) is 3.99. The van der Waals surface area contributed by atoms with Gasteiger partial charge in [0, 0.05) is 19.0 Å². The summed E-state index contributed by atoms with van der Waals surface area (Å²) >= 11 is 0. The van der Waals surface area contributed by atoms with Gasteiger partial charge in [0.25, 0.3) is 0 Å². The van der Waals surface area contributed by atoms with Gasteiger partial charge in [0.15, 0.2) is 0 Å². The molecular formula is C12H20N2O3. The largest absolute Gasteiger partial charge is 0.480 e. The van der Waals surface area contributed by atoms with Crippen molar-refractivity contribution in [3.8, 4) is 0 Å². The second-order valence-electron chi connectivity index (χ2n) is 5.23. The fraction of sp³-hybridized carbons (Fsp3) is 0.833. The fourth-order valence-electron chi connectivity index (χ4n) is 2.84. The first-order chi connectivity index (χ1) is 8.04. The maximum atomic E-state index is 12.1. The number of rotatable bonds is 3. The molecule has 0 aliphatic carbocycles. The third kappa shape index (κ3) is 2.29. The minimum atomic E-state index is -0.990. The van der Waals surface area contributed by atoms with E-state index >= 15 is 0 Å². The molecule has 2 fully saturated rings. The molecule has 2 saturated heterocycles. The van der Waals surface area contributed by atoms with Crippen LogP contribution >= 0.6 is 0 Å². The van der Waals surface area contributed by atoms with Crippen molar-refractivity contribution in [1.82, 2.24) is 10.2 Å². The van der Waals surface area contributed by atoms with E-state index in [1.54, 1.807) is 11.8 Å². The predicted octanol–water partition coefficient (Wildman–Crippen LogP) is 0.594. The Balaban J connectivity index is 2.00. The average Bonchev–Trinajstić information content (AvgIpc) is 2.87. The van der Waals surface area contributed by atoms with Gasteiger partial charge < -0.3 is 15.3 Å². The van der Waals surface area contributed by atoms with E-state index in [-0.39, 0.29) is 11.9 Å². The molecular weight excluding hydrogens is 220 g/mol. The van der Waals surface area contributed by atoms with Gasteiger partial charge in [-0.2, -0.15) is 0 Å². The Kier molecular flexibility index (Phi) is 3.38. The Hall–Kier alpha value is -1.10. The molecule has 0 aromatic heterocycles. The highest BCUT2D eigenvalue weighted by molar-refractivity contribution is 5.87. The zero-order valence-electron chi connectivity index (χ0n) is 10.2. The van der Waals surface area contributed by atoms with Gasteiger partial charge in [-0.15, -0.1) is 0 Å². The van der Waals surface area contributed by atoms with Crippen LogP contribution in [0.4, 0.5) is 0 Å². The second kappa shape index (κ2) is 4.64. The summed E-state index contributed by atoms with van der Waals surface area (Å²) in [5, 5.41) is 12.5. The molecule has 0 aromatic rings. The van der Waals surface area contributed by atoms with Crippen molar-refractivity contribution in [2.75, 3.05) is 13.1 Å². The van der Waals surface area contributed by atoms with E-state index in [1.807, 2.05) is 0 Å². The summed E-state index contributed by atoms with van der Waals surface area (Å²) in [6.07, 6.45) is 3.90. The monoisotopic (exact) mass is 240 g/mol. The molecule has 0 bridgehead atoms. The Morgan fingerprint density at radius 2 is 2.24 bits per heavy atom. The summed E-state index contributed by atoms with van der Waals surface area (Å²) in [7, 11) is 0. The second-order valence-corrected chi connectivity index (χ2v) is 5.23. The molecule has 2 atom stereocenters. The molecule has 2 aliphatic rings. The summed E-state index contributed by atoms with van der Waals surface area (Å²) in [6, 6.07) is 0.237. The summed E-state index contributed by atoms with van der Waals surface area (Å²) in [4.78, 5) is 25.0. The lowest BCUT2D eigenvalue weighted by molar-refractivity contribution is -0.155. The van der Waals surface area contributed by atoms with Crippen LogP contribution in [0.5, 0.6) is 0 Å². The van der Waals surface area contributed by atoms with Crippen molar-refractivity contribution in [3.05, 3.63) is 0 Å². The van der Waals surface area contributed by atoms with E-state index in [1.165, 1.54) is 0 Å². The van der Waals surface area contributed by atoms with Crippen LogP contribution < -0.4 is 5.32 Å². The summed E-state index contributed by atoms with van der Waals surface area (Å²) in [6.45, 7) is 3.20. The first-order valence-electron chi connectivity index (χ1n) is 6.31. The summed E-state index contributed by atoms with van der Waals surface area (Å²) in [5.41, 5.74) is -0.990. The van der Waals surface area contributed by atoms with Crippen molar-refractivity contribution in [2.24, 2.45) is 0 Å². The number of carboxylic acids is 1. The number of nitrogens with one attached hydrogen (secondary N) is 1. The molecule has 2 rings (SSSR count). The molecule has 0 radical (unpaired) electrons. The lowest BCUT2D eigenvalue weighted by atomic mass is 9.98. The van der Waals surface area contributed by atoms with Crippen LogP contribution in [0.1, 0.15) is 39.0 Å². The number of nitrogens with zero attached hydrogens (tertiary/aromatic N) is 1. The van der Waals surface area contributed by atoms with Crippen LogP contribution in [-0.2, 0) is 9.59 Å². The first kappa shape index (κ1) is 12.4. The molecule has 2 aliphatic heterocycles. The number of carbonyl (C=O) groups is 2. The number of hydrogen-bond donors (Lipinski definition) is 2. The Labute approximate surface area is 101 Å². The average molecular weight is 240 g/mol. The van der Waals surface area contributed by atoms with Gasteiger partial charge in [0.1, 0.15) is 5.54 Å². The SMILES string of the molecule is CC1(C(=O)O)CCCN1C(=O)CC1CCCN1. The zero-order valence-corrected chi connectivity index (χ0v) is 10.2. The van der Waals surface area contributed by atoms with Crippen LogP contribution in [0.3, 0.4) is 0 Å². The fourth-order valence-corrected chi connectivity index (χ4v) is 2.84. The van der Waals surface area contributed by atoms with Crippen molar-refractivity contribution in [3.63, 3.8) is 0 Å². The molecule has 5 heteroatoms. The number of hydrogen-bond acceptors (Lipinski definition) is 3. The highest BCUT2D eigenvalue weighted by Gasteiger charge is 2.45. The molecule has 2 unspecified atom stereocenters. The van der Waals surface area contributed by atoms with Gasteiger partial charge in [0.2, 0.25) is 5.91 Å². The topological polar surface area (TPSA) is 69.6 Å². The minimum Gasteiger partial charge on any atom is -0.480 e. The first-order valence-corrected chi connectivity index (χ1v) is 6.31. The van der Waals surface area contributed by atoms with Crippen LogP contribution in [-0.4, -0.2) is 46.6 Å². The van der Waals surface area contributed by atoms with Crippen LogP contribution in [0.15, 0.2) is 0 Å². The number of aliphatic carboxylic acids is 1. The van der Waals surface area contributed by atoms with Gasteiger partial charge in [-0.3, -0.25) is 4.79 Å². The van der Waals surface area contributed by atoms with E-state index in [4.69, 9.17) is 0 Å². The van der Waals surface area contributed by atoms with E-state index in [9.17, 15) is 14.7 Å². The maximum Gasteiger partial charge on any atom is 0.329 e. The highest BCUT2D eigenvalue weighted by Crippen LogP contribution is 2.30. The van der Waals surface area contributed by atoms with E-state index < -0.39 is 11.5 Å². The Bertz CT molecular complexity index is 326. The molecule has 96 valence electrons. The molecule has 2 heterocycles. The molecule has 1 amide bonds. The van der Waals surface area contributed by atoms with Gasteiger partial charge >= 0.3 is 5.97 Å². The predicted molar refractivity (Wildman–Crippen MR) is 62.6 cm³/mol. The van der Waals surface area contributed by atoms with Crippen molar-refractivity contribution in [2.45, 2.75) is 50.6 Å². The van der Waals surface area contributed by atoms with E-state index in [2.05, 4.69) is 5.32 Å².